The monoisotopic (exact) mass is 378 g/mol. The molecule has 9 heteroatoms. The van der Waals surface area contributed by atoms with Crippen LogP contribution in [0.1, 0.15) is 30.1 Å². The maximum atomic E-state index is 12.4. The van der Waals surface area contributed by atoms with Gasteiger partial charge in [-0.25, -0.2) is 18.1 Å². The number of aromatic amines is 1. The predicted octanol–water partition coefficient (Wildman–Crippen LogP) is 2.12. The molecule has 20 heavy (non-hydrogen) atoms. The molecule has 0 bridgehead atoms. The number of sulfonamides is 1. The molecule has 0 amide bonds. The van der Waals surface area contributed by atoms with E-state index in [1.807, 2.05) is 6.92 Å². The fourth-order valence-corrected chi connectivity index (χ4v) is 5.58. The minimum absolute atomic E-state index is 0.216. The van der Waals surface area contributed by atoms with E-state index in [4.69, 9.17) is 5.73 Å². The lowest BCUT2D eigenvalue weighted by atomic mass is 10.2. The first-order chi connectivity index (χ1) is 9.47. The molecule has 0 fully saturated rings. The van der Waals surface area contributed by atoms with E-state index in [1.165, 1.54) is 11.3 Å². The Balaban J connectivity index is 2.28. The predicted molar refractivity (Wildman–Crippen MR) is 81.9 cm³/mol. The van der Waals surface area contributed by atoms with Crippen molar-refractivity contribution in [2.24, 2.45) is 5.73 Å². The lowest BCUT2D eigenvalue weighted by molar-refractivity contribution is 0.539. The molecule has 0 saturated carbocycles. The molecule has 0 radical (unpaired) electrons. The molecule has 0 aliphatic heterocycles. The molecule has 0 aliphatic rings. The van der Waals surface area contributed by atoms with Gasteiger partial charge < -0.3 is 10.7 Å². The van der Waals surface area contributed by atoms with Crippen molar-refractivity contribution in [3.63, 3.8) is 0 Å². The average Bonchev–Trinajstić information content (AvgIpc) is 3.05. The highest BCUT2D eigenvalue weighted by atomic mass is 79.9. The Morgan fingerprint density at radius 2 is 2.35 bits per heavy atom. The summed E-state index contributed by atoms with van der Waals surface area (Å²) in [5, 5.41) is 0. The van der Waals surface area contributed by atoms with Crippen LogP contribution in [0.2, 0.25) is 0 Å². The Hall–Kier alpha value is -0.740. The third kappa shape index (κ3) is 3.29. The van der Waals surface area contributed by atoms with Gasteiger partial charge in [0.25, 0.3) is 0 Å². The maximum absolute atomic E-state index is 12.4. The van der Waals surface area contributed by atoms with Crippen LogP contribution in [0.25, 0.3) is 0 Å². The molecule has 4 N–H and O–H groups in total. The van der Waals surface area contributed by atoms with Crippen LogP contribution in [0, 0.1) is 0 Å². The number of halogens is 1. The molecule has 2 heterocycles. The first-order valence-corrected chi connectivity index (χ1v) is 9.07. The quantitative estimate of drug-likeness (QED) is 0.716. The van der Waals surface area contributed by atoms with Crippen LogP contribution in [0.4, 0.5) is 0 Å². The van der Waals surface area contributed by atoms with E-state index in [9.17, 15) is 8.42 Å². The summed E-state index contributed by atoms with van der Waals surface area (Å²) in [5.41, 5.74) is 5.54. The second-order valence-electron chi connectivity index (χ2n) is 4.11. The van der Waals surface area contributed by atoms with Crippen molar-refractivity contribution in [3.8, 4) is 0 Å². The van der Waals surface area contributed by atoms with Crippen LogP contribution in [0.3, 0.4) is 0 Å². The number of hydrogen-bond donors (Lipinski definition) is 3. The van der Waals surface area contributed by atoms with E-state index in [0.29, 0.717) is 22.6 Å². The van der Waals surface area contributed by atoms with Crippen molar-refractivity contribution in [2.75, 3.05) is 0 Å². The normalized spacial score (nSPS) is 13.6. The van der Waals surface area contributed by atoms with Crippen molar-refractivity contribution in [3.05, 3.63) is 32.9 Å². The Morgan fingerprint density at radius 1 is 1.60 bits per heavy atom. The zero-order chi connectivity index (χ0) is 14.8. The van der Waals surface area contributed by atoms with Crippen LogP contribution in [0.15, 0.2) is 27.1 Å². The maximum Gasteiger partial charge on any atom is 0.243 e. The second-order valence-corrected chi connectivity index (χ2v) is 8.25. The van der Waals surface area contributed by atoms with Crippen LogP contribution in [0.5, 0.6) is 0 Å². The largest absolute Gasteiger partial charge is 0.347 e. The molecule has 0 saturated heterocycles. The first-order valence-electron chi connectivity index (χ1n) is 5.97. The van der Waals surface area contributed by atoms with E-state index < -0.39 is 10.0 Å². The summed E-state index contributed by atoms with van der Waals surface area (Å²) in [4.78, 5) is 8.05. The summed E-state index contributed by atoms with van der Waals surface area (Å²) in [6, 6.07) is 1.20. The molecule has 6 nitrogen and oxygen atoms in total. The van der Waals surface area contributed by atoms with Gasteiger partial charge in [-0.1, -0.05) is 6.92 Å². The lowest BCUT2D eigenvalue weighted by Crippen LogP contribution is -2.29. The molecule has 2 aromatic rings. The van der Waals surface area contributed by atoms with Gasteiger partial charge in [-0.15, -0.1) is 11.3 Å². The smallest absolute Gasteiger partial charge is 0.243 e. The minimum Gasteiger partial charge on any atom is -0.347 e. The SMILES string of the molecule is CCC(NS(=O)(=O)c1cc(CN)sc1Br)c1ncc[nH]1. The summed E-state index contributed by atoms with van der Waals surface area (Å²) < 4.78 is 28.1. The number of imidazole rings is 1. The van der Waals surface area contributed by atoms with Gasteiger partial charge in [-0.2, -0.15) is 0 Å². The molecule has 1 atom stereocenters. The van der Waals surface area contributed by atoms with Gasteiger partial charge in [0.15, 0.2) is 0 Å². The van der Waals surface area contributed by atoms with E-state index in [-0.39, 0.29) is 10.9 Å². The van der Waals surface area contributed by atoms with Gasteiger partial charge in [-0.3, -0.25) is 0 Å². The van der Waals surface area contributed by atoms with Gasteiger partial charge in [0.1, 0.15) is 10.7 Å². The van der Waals surface area contributed by atoms with Crippen molar-refractivity contribution < 1.29 is 8.42 Å². The molecule has 0 aliphatic carbocycles. The molecule has 0 aromatic carbocycles. The van der Waals surface area contributed by atoms with E-state index in [0.717, 1.165) is 4.88 Å². The van der Waals surface area contributed by atoms with Crippen LogP contribution in [-0.4, -0.2) is 18.4 Å². The summed E-state index contributed by atoms with van der Waals surface area (Å²) >= 11 is 4.60. The standard InChI is InChI=1S/C11H15BrN4O2S2/c1-2-8(11-14-3-4-15-11)16-20(17,18)9-5-7(6-13)19-10(9)12/h3-5,8,16H,2,6,13H2,1H3,(H,14,15). The fourth-order valence-electron chi connectivity index (χ4n) is 1.73. The summed E-state index contributed by atoms with van der Waals surface area (Å²) in [5.74, 6) is 0.599. The third-order valence-electron chi connectivity index (χ3n) is 2.75. The highest BCUT2D eigenvalue weighted by Gasteiger charge is 2.25. The van der Waals surface area contributed by atoms with Crippen LogP contribution >= 0.6 is 27.3 Å². The number of nitrogens with one attached hydrogen (secondary N) is 2. The zero-order valence-corrected chi connectivity index (χ0v) is 14.0. The Kier molecular flexibility index (Phi) is 4.97. The zero-order valence-electron chi connectivity index (χ0n) is 10.8. The van der Waals surface area contributed by atoms with Gasteiger partial charge in [0, 0.05) is 23.8 Å². The number of thiophene rings is 1. The number of rotatable bonds is 6. The van der Waals surface area contributed by atoms with Gasteiger partial charge >= 0.3 is 0 Å². The van der Waals surface area contributed by atoms with E-state index in [1.54, 1.807) is 18.5 Å². The molecule has 1 unspecified atom stereocenters. The third-order valence-corrected chi connectivity index (χ3v) is 6.50. The van der Waals surface area contributed by atoms with Gasteiger partial charge in [0.05, 0.1) is 9.83 Å². The van der Waals surface area contributed by atoms with Gasteiger partial charge in [0.2, 0.25) is 10.0 Å². The van der Waals surface area contributed by atoms with Crippen molar-refractivity contribution >= 4 is 37.3 Å². The van der Waals surface area contributed by atoms with Crippen molar-refractivity contribution in [1.82, 2.24) is 14.7 Å². The summed E-state index contributed by atoms with van der Waals surface area (Å²) in [7, 11) is -3.62. The van der Waals surface area contributed by atoms with Gasteiger partial charge in [-0.05, 0) is 28.4 Å². The summed E-state index contributed by atoms with van der Waals surface area (Å²) in [6.07, 6.45) is 3.86. The van der Waals surface area contributed by atoms with Crippen molar-refractivity contribution in [2.45, 2.75) is 30.8 Å². The molecular formula is C11H15BrN4O2S2. The Bertz CT molecular complexity index is 667. The first kappa shape index (κ1) is 15.6. The highest BCUT2D eigenvalue weighted by molar-refractivity contribution is 9.11. The number of aromatic nitrogens is 2. The topological polar surface area (TPSA) is 101 Å². The fraction of sp³-hybridized carbons (Fsp3) is 0.364. The van der Waals surface area contributed by atoms with Crippen molar-refractivity contribution in [1.29, 1.82) is 0 Å². The molecule has 2 aromatic heterocycles. The highest BCUT2D eigenvalue weighted by Crippen LogP contribution is 2.32. The number of nitrogens with zero attached hydrogens (tertiary/aromatic N) is 1. The number of H-pyrrole nitrogens is 1. The molecule has 110 valence electrons. The second kappa shape index (κ2) is 6.35. The molecular weight excluding hydrogens is 364 g/mol. The number of hydrogen-bond acceptors (Lipinski definition) is 5. The molecule has 2 rings (SSSR count). The van der Waals surface area contributed by atoms with Crippen LogP contribution < -0.4 is 10.5 Å². The Labute approximate surface area is 130 Å². The Morgan fingerprint density at radius 3 is 2.85 bits per heavy atom. The average molecular weight is 379 g/mol. The lowest BCUT2D eigenvalue weighted by Gasteiger charge is -2.14. The van der Waals surface area contributed by atoms with Crippen LogP contribution in [-0.2, 0) is 16.6 Å². The number of nitrogens with two attached hydrogens (primary N) is 1. The van der Waals surface area contributed by atoms with E-state index in [2.05, 4.69) is 30.6 Å². The molecule has 0 spiro atoms. The summed E-state index contributed by atoms with van der Waals surface area (Å²) in [6.45, 7) is 2.21. The minimum atomic E-state index is -3.62. The van der Waals surface area contributed by atoms with E-state index >= 15 is 0 Å².